The maximum Gasteiger partial charge on any atom is 0.347 e. The van der Waals surface area contributed by atoms with Crippen LogP contribution in [0.2, 0.25) is 0 Å². The van der Waals surface area contributed by atoms with Gasteiger partial charge in [-0.3, -0.25) is 14.9 Å². The third-order valence-electron chi connectivity index (χ3n) is 3.00. The van der Waals surface area contributed by atoms with Gasteiger partial charge in [-0.1, -0.05) is 31.2 Å². The maximum absolute atomic E-state index is 12.0. The van der Waals surface area contributed by atoms with Crippen LogP contribution in [0.25, 0.3) is 0 Å². The van der Waals surface area contributed by atoms with Gasteiger partial charge in [-0.2, -0.15) is 0 Å². The maximum atomic E-state index is 12.0. The van der Waals surface area contributed by atoms with Crippen molar-refractivity contribution in [1.82, 2.24) is 5.32 Å². The van der Waals surface area contributed by atoms with Crippen molar-refractivity contribution in [2.75, 3.05) is 6.61 Å². The molecule has 0 aliphatic carbocycles. The van der Waals surface area contributed by atoms with Gasteiger partial charge in [0.25, 0.3) is 11.8 Å². The minimum atomic E-state index is -0.812. The molecule has 2 aromatic rings. The summed E-state index contributed by atoms with van der Waals surface area (Å²) in [5.41, 5.74) is 0. The van der Waals surface area contributed by atoms with Crippen molar-refractivity contribution in [3.05, 3.63) is 52.7 Å². The van der Waals surface area contributed by atoms with Crippen LogP contribution in [0.1, 0.15) is 23.0 Å². The highest BCUT2D eigenvalue weighted by atomic mass is 32.1. The van der Waals surface area contributed by atoms with Crippen molar-refractivity contribution >= 4 is 29.1 Å². The van der Waals surface area contributed by atoms with E-state index in [-0.39, 0.29) is 0 Å². The number of hydrogen-bond acceptors (Lipinski definition) is 6. The first kappa shape index (κ1) is 17.7. The summed E-state index contributed by atoms with van der Waals surface area (Å²) in [5, 5.41) is 3.89. The van der Waals surface area contributed by atoms with Crippen molar-refractivity contribution in [1.29, 1.82) is 0 Å². The van der Waals surface area contributed by atoms with Crippen LogP contribution in [-0.2, 0) is 14.3 Å². The van der Waals surface area contributed by atoms with E-state index >= 15 is 0 Å². The van der Waals surface area contributed by atoms with Crippen molar-refractivity contribution < 1.29 is 23.9 Å². The minimum absolute atomic E-state index is 0.392. The molecule has 7 heteroatoms. The van der Waals surface area contributed by atoms with E-state index in [1.54, 1.807) is 48.7 Å². The van der Waals surface area contributed by atoms with Crippen LogP contribution in [0.4, 0.5) is 0 Å². The number of thiophene rings is 1. The number of imide groups is 1. The number of benzene rings is 1. The molecule has 1 aromatic carbocycles. The van der Waals surface area contributed by atoms with Gasteiger partial charge in [0.15, 0.2) is 12.7 Å². The number of rotatable bonds is 7. The summed E-state index contributed by atoms with van der Waals surface area (Å²) in [6.45, 7) is 1.24. The summed E-state index contributed by atoms with van der Waals surface area (Å²) in [5.74, 6) is -1.31. The fraction of sp³-hybridized carbons (Fsp3) is 0.235. The highest BCUT2D eigenvalue weighted by molar-refractivity contribution is 7.12. The summed E-state index contributed by atoms with van der Waals surface area (Å²) in [6.07, 6.45) is -0.420. The molecule has 2 amide bonds. The zero-order valence-corrected chi connectivity index (χ0v) is 13.9. The van der Waals surface area contributed by atoms with Crippen LogP contribution in [0.15, 0.2) is 47.8 Å². The second-order valence-electron chi connectivity index (χ2n) is 4.79. The Labute approximate surface area is 143 Å². The SMILES string of the molecule is CC[C@@H](Oc1ccccc1)C(=O)OCC(=O)NC(=O)c1cccs1. The number of hydrogen-bond donors (Lipinski definition) is 1. The standard InChI is InChI=1S/C17H17NO5S/c1-2-13(23-12-7-4-3-5-8-12)17(21)22-11-15(19)18-16(20)14-9-6-10-24-14/h3-10,13H,2,11H2,1H3,(H,18,19,20)/t13-/m1/s1. The normalized spacial score (nSPS) is 11.4. The highest BCUT2D eigenvalue weighted by Crippen LogP contribution is 2.13. The highest BCUT2D eigenvalue weighted by Gasteiger charge is 2.21. The molecule has 0 saturated carbocycles. The predicted octanol–water partition coefficient (Wildman–Crippen LogP) is 2.41. The Morgan fingerprint density at radius 1 is 1.12 bits per heavy atom. The topological polar surface area (TPSA) is 81.7 Å². The third kappa shape index (κ3) is 5.20. The lowest BCUT2D eigenvalue weighted by Crippen LogP contribution is -2.36. The van der Waals surface area contributed by atoms with Crippen molar-refractivity contribution in [2.24, 2.45) is 0 Å². The molecule has 0 unspecified atom stereocenters. The largest absolute Gasteiger partial charge is 0.479 e. The Morgan fingerprint density at radius 3 is 2.50 bits per heavy atom. The molecular formula is C17H17NO5S. The van der Waals surface area contributed by atoms with E-state index in [0.717, 1.165) is 0 Å². The number of carbonyl (C=O) groups is 3. The van der Waals surface area contributed by atoms with E-state index in [4.69, 9.17) is 9.47 Å². The molecule has 0 radical (unpaired) electrons. The van der Waals surface area contributed by atoms with Crippen LogP contribution in [0.5, 0.6) is 5.75 Å². The number of esters is 1. The number of para-hydroxylation sites is 1. The van der Waals surface area contributed by atoms with Gasteiger partial charge in [-0.25, -0.2) is 4.79 Å². The second-order valence-corrected chi connectivity index (χ2v) is 5.74. The van der Waals surface area contributed by atoms with Crippen LogP contribution >= 0.6 is 11.3 Å². The van der Waals surface area contributed by atoms with E-state index in [1.807, 2.05) is 6.07 Å². The van der Waals surface area contributed by atoms with Gasteiger partial charge >= 0.3 is 5.97 Å². The molecule has 0 aliphatic heterocycles. The lowest BCUT2D eigenvalue weighted by atomic mass is 10.2. The quantitative estimate of drug-likeness (QED) is 0.778. The molecule has 6 nitrogen and oxygen atoms in total. The van der Waals surface area contributed by atoms with Crippen LogP contribution in [0.3, 0.4) is 0 Å². The van der Waals surface area contributed by atoms with Crippen LogP contribution in [0, 0.1) is 0 Å². The molecule has 0 spiro atoms. The molecule has 1 aromatic heterocycles. The lowest BCUT2D eigenvalue weighted by Gasteiger charge is -2.16. The zero-order chi connectivity index (χ0) is 17.4. The summed E-state index contributed by atoms with van der Waals surface area (Å²) in [4.78, 5) is 35.8. The number of ether oxygens (including phenoxy) is 2. The van der Waals surface area contributed by atoms with E-state index in [1.165, 1.54) is 11.3 Å². The first-order chi connectivity index (χ1) is 11.6. The van der Waals surface area contributed by atoms with Crippen molar-refractivity contribution in [3.63, 3.8) is 0 Å². The summed E-state index contributed by atoms with van der Waals surface area (Å²) < 4.78 is 10.4. The van der Waals surface area contributed by atoms with Gasteiger partial charge < -0.3 is 9.47 Å². The smallest absolute Gasteiger partial charge is 0.347 e. The van der Waals surface area contributed by atoms with Crippen molar-refractivity contribution in [2.45, 2.75) is 19.4 Å². The van der Waals surface area contributed by atoms with Gasteiger partial charge in [0, 0.05) is 0 Å². The predicted molar refractivity (Wildman–Crippen MR) is 88.9 cm³/mol. The molecule has 1 atom stereocenters. The molecule has 0 saturated heterocycles. The molecule has 0 bridgehead atoms. The number of amides is 2. The Bertz CT molecular complexity index is 684. The fourth-order valence-electron chi connectivity index (χ4n) is 1.82. The summed E-state index contributed by atoms with van der Waals surface area (Å²) >= 11 is 1.22. The molecule has 24 heavy (non-hydrogen) atoms. The van der Waals surface area contributed by atoms with Gasteiger partial charge in [-0.05, 0) is 30.0 Å². The second kappa shape index (κ2) is 8.83. The zero-order valence-electron chi connectivity index (χ0n) is 13.1. The molecule has 1 heterocycles. The summed E-state index contributed by atoms with van der Waals surface area (Å²) in [7, 11) is 0. The number of nitrogens with one attached hydrogen (secondary N) is 1. The Hall–Kier alpha value is -2.67. The van der Waals surface area contributed by atoms with Gasteiger partial charge in [-0.15, -0.1) is 11.3 Å². The number of carbonyl (C=O) groups excluding carboxylic acids is 3. The first-order valence-corrected chi connectivity index (χ1v) is 8.24. The minimum Gasteiger partial charge on any atom is -0.479 e. The Kier molecular flexibility index (Phi) is 6.51. The van der Waals surface area contributed by atoms with E-state index in [9.17, 15) is 14.4 Å². The van der Waals surface area contributed by atoms with E-state index in [2.05, 4.69) is 5.32 Å². The molecule has 0 aliphatic rings. The monoisotopic (exact) mass is 347 g/mol. The molecule has 1 N–H and O–H groups in total. The third-order valence-corrected chi connectivity index (χ3v) is 3.87. The molecular weight excluding hydrogens is 330 g/mol. The van der Waals surface area contributed by atoms with Gasteiger partial charge in [0.05, 0.1) is 4.88 Å². The average Bonchev–Trinajstić information content (AvgIpc) is 3.13. The fourth-order valence-corrected chi connectivity index (χ4v) is 2.44. The van der Waals surface area contributed by atoms with Crippen molar-refractivity contribution in [3.8, 4) is 5.75 Å². The van der Waals surface area contributed by atoms with E-state index in [0.29, 0.717) is 17.0 Å². The van der Waals surface area contributed by atoms with Gasteiger partial charge in [0.2, 0.25) is 0 Å². The Balaban J connectivity index is 1.80. The molecule has 0 fully saturated rings. The van der Waals surface area contributed by atoms with Crippen LogP contribution in [-0.4, -0.2) is 30.5 Å². The lowest BCUT2D eigenvalue weighted by molar-refractivity contribution is -0.155. The van der Waals surface area contributed by atoms with E-state index < -0.39 is 30.5 Å². The van der Waals surface area contributed by atoms with Crippen LogP contribution < -0.4 is 10.1 Å². The first-order valence-electron chi connectivity index (χ1n) is 7.36. The van der Waals surface area contributed by atoms with Gasteiger partial charge in [0.1, 0.15) is 5.75 Å². The summed E-state index contributed by atoms with van der Waals surface area (Å²) in [6, 6.07) is 12.2. The molecule has 2 rings (SSSR count). The molecule has 126 valence electrons. The Morgan fingerprint density at radius 2 is 1.88 bits per heavy atom. The average molecular weight is 347 g/mol.